The van der Waals surface area contributed by atoms with Crippen LogP contribution >= 0.6 is 0 Å². The zero-order valence-corrected chi connectivity index (χ0v) is 14.6. The molecule has 0 bridgehead atoms. The summed E-state index contributed by atoms with van der Waals surface area (Å²) in [6, 6.07) is 0. The van der Waals surface area contributed by atoms with Crippen molar-refractivity contribution in [1.29, 1.82) is 0 Å². The molecule has 1 aliphatic carbocycles. The minimum absolute atomic E-state index is 0.216. The van der Waals surface area contributed by atoms with Gasteiger partial charge in [-0.25, -0.2) is 0 Å². The van der Waals surface area contributed by atoms with Crippen LogP contribution < -0.4 is 0 Å². The van der Waals surface area contributed by atoms with Crippen molar-refractivity contribution < 1.29 is 24.2 Å². The lowest BCUT2D eigenvalue weighted by Gasteiger charge is -2.26. The normalized spacial score (nSPS) is 21.3. The molecule has 1 saturated carbocycles. The van der Waals surface area contributed by atoms with Gasteiger partial charge < -0.3 is 14.6 Å². The molecule has 2 unspecified atom stereocenters. The van der Waals surface area contributed by atoms with Gasteiger partial charge in [-0.3, -0.25) is 9.59 Å². The summed E-state index contributed by atoms with van der Waals surface area (Å²) in [5, 5.41) is 9.17. The Hall–Kier alpha value is -1.10. The summed E-state index contributed by atoms with van der Waals surface area (Å²) in [6.45, 7) is 5.75. The Balaban J connectivity index is 2.06. The van der Waals surface area contributed by atoms with E-state index >= 15 is 0 Å². The topological polar surface area (TPSA) is 72.8 Å². The molecule has 1 rings (SSSR count). The summed E-state index contributed by atoms with van der Waals surface area (Å²) < 4.78 is 10.7. The van der Waals surface area contributed by atoms with Crippen LogP contribution in [0.2, 0.25) is 0 Å². The number of carboxylic acids is 1. The number of unbranched alkanes of at least 4 members (excludes halogenated alkanes) is 2. The van der Waals surface area contributed by atoms with E-state index in [4.69, 9.17) is 9.47 Å². The third-order valence-corrected chi connectivity index (χ3v) is 4.43. The molecule has 0 amide bonds. The summed E-state index contributed by atoms with van der Waals surface area (Å²) in [4.78, 5) is 23.2. The molecule has 0 saturated heterocycles. The lowest BCUT2D eigenvalue weighted by molar-refractivity contribution is -0.160. The minimum atomic E-state index is -0.885. The number of hydrogen-bond acceptors (Lipinski definition) is 4. The molecule has 1 N–H and O–H groups in total. The van der Waals surface area contributed by atoms with Crippen molar-refractivity contribution in [3.8, 4) is 0 Å². The predicted molar refractivity (Wildman–Crippen MR) is 88.2 cm³/mol. The maximum absolute atomic E-state index is 12.0. The largest absolute Gasteiger partial charge is 0.481 e. The molecule has 0 radical (unpaired) electrons. The molecule has 0 aliphatic heterocycles. The number of carbonyl (C=O) groups is 2. The van der Waals surface area contributed by atoms with Crippen molar-refractivity contribution in [2.75, 3.05) is 19.8 Å². The number of carboxylic acid groups (broad SMARTS) is 1. The van der Waals surface area contributed by atoms with Crippen LogP contribution in [0.15, 0.2) is 0 Å². The Morgan fingerprint density at radius 2 is 1.70 bits per heavy atom. The van der Waals surface area contributed by atoms with E-state index < -0.39 is 17.8 Å². The first-order chi connectivity index (χ1) is 11.0. The molecular weight excluding hydrogens is 296 g/mol. The Morgan fingerprint density at radius 3 is 2.35 bits per heavy atom. The highest BCUT2D eigenvalue weighted by molar-refractivity contribution is 5.81. The molecule has 0 heterocycles. The SMILES string of the molecule is CC(C)CCCCCOCCOC(=O)C1CCCCC1C(=O)O. The van der Waals surface area contributed by atoms with Gasteiger partial charge in [0.1, 0.15) is 6.61 Å². The van der Waals surface area contributed by atoms with Crippen molar-refractivity contribution in [1.82, 2.24) is 0 Å². The molecule has 0 aromatic heterocycles. The van der Waals surface area contributed by atoms with Crippen LogP contribution in [0, 0.1) is 17.8 Å². The second-order valence-corrected chi connectivity index (χ2v) is 6.86. The zero-order valence-electron chi connectivity index (χ0n) is 14.6. The molecule has 2 atom stereocenters. The van der Waals surface area contributed by atoms with E-state index in [1.807, 2.05) is 0 Å². The van der Waals surface area contributed by atoms with Gasteiger partial charge in [0, 0.05) is 6.61 Å². The Kier molecular flexibility index (Phi) is 9.92. The van der Waals surface area contributed by atoms with E-state index in [1.54, 1.807) is 0 Å². The average molecular weight is 328 g/mol. The first kappa shape index (κ1) is 19.9. The minimum Gasteiger partial charge on any atom is -0.481 e. The predicted octanol–water partition coefficient (Wildman–Crippen LogP) is 3.65. The van der Waals surface area contributed by atoms with E-state index in [1.165, 1.54) is 19.3 Å². The van der Waals surface area contributed by atoms with E-state index in [0.717, 1.165) is 25.2 Å². The third-order valence-electron chi connectivity index (χ3n) is 4.43. The average Bonchev–Trinajstić information content (AvgIpc) is 2.52. The molecule has 0 spiro atoms. The fourth-order valence-electron chi connectivity index (χ4n) is 3.05. The number of carbonyl (C=O) groups excluding carboxylic acids is 1. The molecule has 5 heteroatoms. The van der Waals surface area contributed by atoms with Crippen molar-refractivity contribution in [2.45, 2.75) is 65.2 Å². The van der Waals surface area contributed by atoms with Crippen LogP contribution in [0.4, 0.5) is 0 Å². The number of rotatable bonds is 11. The lowest BCUT2D eigenvalue weighted by Crippen LogP contribution is -2.34. The van der Waals surface area contributed by atoms with Crippen molar-refractivity contribution in [3.63, 3.8) is 0 Å². The van der Waals surface area contributed by atoms with E-state index in [2.05, 4.69) is 13.8 Å². The second kappa shape index (κ2) is 11.4. The van der Waals surface area contributed by atoms with Crippen molar-refractivity contribution in [3.05, 3.63) is 0 Å². The van der Waals surface area contributed by atoms with Gasteiger partial charge in [0.15, 0.2) is 0 Å². The number of ether oxygens (including phenoxy) is 2. The van der Waals surface area contributed by atoms with Crippen LogP contribution in [0.1, 0.15) is 65.2 Å². The monoisotopic (exact) mass is 328 g/mol. The van der Waals surface area contributed by atoms with Crippen molar-refractivity contribution >= 4 is 11.9 Å². The number of aliphatic carboxylic acids is 1. The van der Waals surface area contributed by atoms with Gasteiger partial charge in [-0.05, 0) is 25.2 Å². The number of esters is 1. The Labute approximate surface area is 139 Å². The van der Waals surface area contributed by atoms with Crippen LogP contribution in [0.5, 0.6) is 0 Å². The highest BCUT2D eigenvalue weighted by atomic mass is 16.6. The van der Waals surface area contributed by atoms with Crippen LogP contribution in [0.3, 0.4) is 0 Å². The quantitative estimate of drug-likeness (QED) is 0.463. The molecule has 1 fully saturated rings. The van der Waals surface area contributed by atoms with Gasteiger partial charge in [0.2, 0.25) is 0 Å². The van der Waals surface area contributed by atoms with Gasteiger partial charge in [0.25, 0.3) is 0 Å². The molecule has 5 nitrogen and oxygen atoms in total. The van der Waals surface area contributed by atoms with E-state index in [0.29, 0.717) is 26.1 Å². The third kappa shape index (κ3) is 8.35. The van der Waals surface area contributed by atoms with Crippen LogP contribution in [-0.4, -0.2) is 36.9 Å². The molecular formula is C18H32O5. The van der Waals surface area contributed by atoms with Gasteiger partial charge in [-0.1, -0.05) is 46.0 Å². The lowest BCUT2D eigenvalue weighted by atomic mass is 9.79. The number of hydrogen-bond donors (Lipinski definition) is 1. The Morgan fingerprint density at radius 1 is 1.00 bits per heavy atom. The maximum atomic E-state index is 12.0. The van der Waals surface area contributed by atoms with Gasteiger partial charge in [-0.15, -0.1) is 0 Å². The summed E-state index contributed by atoms with van der Waals surface area (Å²) in [5.41, 5.74) is 0. The first-order valence-corrected chi connectivity index (χ1v) is 8.99. The highest BCUT2D eigenvalue weighted by Crippen LogP contribution is 2.31. The molecule has 23 heavy (non-hydrogen) atoms. The van der Waals surface area contributed by atoms with E-state index in [9.17, 15) is 14.7 Å². The summed E-state index contributed by atoms with van der Waals surface area (Å²) >= 11 is 0. The molecule has 1 aliphatic rings. The fourth-order valence-corrected chi connectivity index (χ4v) is 3.05. The summed E-state index contributed by atoms with van der Waals surface area (Å²) in [6.07, 6.45) is 7.65. The zero-order chi connectivity index (χ0) is 17.1. The van der Waals surface area contributed by atoms with Crippen molar-refractivity contribution in [2.24, 2.45) is 17.8 Å². The molecule has 134 valence electrons. The summed E-state index contributed by atoms with van der Waals surface area (Å²) in [7, 11) is 0. The van der Waals surface area contributed by atoms with Gasteiger partial charge in [-0.2, -0.15) is 0 Å². The second-order valence-electron chi connectivity index (χ2n) is 6.86. The van der Waals surface area contributed by atoms with Crippen LogP contribution in [-0.2, 0) is 19.1 Å². The van der Waals surface area contributed by atoms with Gasteiger partial charge in [0.05, 0.1) is 18.4 Å². The maximum Gasteiger partial charge on any atom is 0.309 e. The molecule has 0 aromatic carbocycles. The highest BCUT2D eigenvalue weighted by Gasteiger charge is 2.36. The van der Waals surface area contributed by atoms with Gasteiger partial charge >= 0.3 is 11.9 Å². The van der Waals surface area contributed by atoms with Crippen LogP contribution in [0.25, 0.3) is 0 Å². The standard InChI is InChI=1S/C18H32O5/c1-14(2)8-4-3-7-11-22-12-13-23-18(21)16-10-6-5-9-15(16)17(19)20/h14-16H,3-13H2,1-2H3,(H,19,20). The Bertz CT molecular complexity index is 353. The fraction of sp³-hybridized carbons (Fsp3) is 0.889. The summed E-state index contributed by atoms with van der Waals surface area (Å²) in [5.74, 6) is -1.58. The molecule has 0 aromatic rings. The van der Waals surface area contributed by atoms with E-state index in [-0.39, 0.29) is 12.6 Å². The smallest absolute Gasteiger partial charge is 0.309 e. The first-order valence-electron chi connectivity index (χ1n) is 8.99.